The molecule has 1 unspecified atom stereocenters. The van der Waals surface area contributed by atoms with Crippen LogP contribution in [0.4, 0.5) is 4.39 Å². The number of halogens is 1. The zero-order chi connectivity index (χ0) is 22.9. The molecular formula is C25H30FN5O2. The number of piperazine rings is 1. The highest BCUT2D eigenvalue weighted by Crippen LogP contribution is 2.50. The molecule has 174 valence electrons. The van der Waals surface area contributed by atoms with Gasteiger partial charge in [-0.3, -0.25) is 14.5 Å². The van der Waals surface area contributed by atoms with E-state index in [9.17, 15) is 19.2 Å². The molecule has 2 aliphatic carbocycles. The molecule has 8 heteroatoms. The van der Waals surface area contributed by atoms with Gasteiger partial charge in [-0.1, -0.05) is 25.0 Å². The first-order chi connectivity index (χ1) is 15.9. The van der Waals surface area contributed by atoms with Crippen molar-refractivity contribution in [2.45, 2.75) is 80.7 Å². The second kappa shape index (κ2) is 7.51. The summed E-state index contributed by atoms with van der Waals surface area (Å²) in [5.74, 6) is 0.144. The second-order valence-corrected chi connectivity index (χ2v) is 10.6. The van der Waals surface area contributed by atoms with E-state index in [0.717, 1.165) is 50.5 Å². The largest absolute Gasteiger partial charge is 0.327 e. The van der Waals surface area contributed by atoms with Crippen LogP contribution in [0.3, 0.4) is 0 Å². The number of nitrogens with zero attached hydrogens (tertiary/aromatic N) is 4. The SMILES string of the molecule is N#C[C@@H]1C[C@@H]2CC2N1C(=O)[C@@H](N)CN1C[C@H]2C[C@@H]1C(=O)N2C1(c2ccc(F)cc2)CCCC1. The van der Waals surface area contributed by atoms with Gasteiger partial charge in [0.05, 0.1) is 23.7 Å². The molecule has 1 aromatic rings. The van der Waals surface area contributed by atoms with Crippen LogP contribution in [-0.4, -0.2) is 69.8 Å². The van der Waals surface area contributed by atoms with Crippen molar-refractivity contribution in [1.82, 2.24) is 14.7 Å². The third-order valence-electron chi connectivity index (χ3n) is 8.80. The number of hydrogen-bond donors (Lipinski definition) is 1. The highest BCUT2D eigenvalue weighted by molar-refractivity contribution is 5.87. The molecule has 6 atom stereocenters. The fourth-order valence-corrected chi connectivity index (χ4v) is 7.23. The molecule has 0 spiro atoms. The van der Waals surface area contributed by atoms with Crippen LogP contribution < -0.4 is 5.73 Å². The average Bonchev–Trinajstić information content (AvgIpc) is 3.20. The van der Waals surface area contributed by atoms with Crippen LogP contribution in [0.15, 0.2) is 24.3 Å². The van der Waals surface area contributed by atoms with E-state index in [2.05, 4.69) is 15.9 Å². The van der Waals surface area contributed by atoms with Crippen LogP contribution in [0.25, 0.3) is 0 Å². The Hall–Kier alpha value is -2.50. The maximum atomic E-state index is 13.6. The lowest BCUT2D eigenvalue weighted by Gasteiger charge is -2.46. The van der Waals surface area contributed by atoms with Gasteiger partial charge in [0.2, 0.25) is 11.8 Å². The predicted molar refractivity (Wildman–Crippen MR) is 118 cm³/mol. The predicted octanol–water partition coefficient (Wildman–Crippen LogP) is 1.72. The summed E-state index contributed by atoms with van der Waals surface area (Å²) in [6, 6.07) is 7.81. The number of carbonyl (C=O) groups excluding carboxylic acids is 2. The Balaban J connectivity index is 1.17. The van der Waals surface area contributed by atoms with Crippen LogP contribution in [-0.2, 0) is 15.1 Å². The molecule has 1 aromatic carbocycles. The molecule has 2 saturated carbocycles. The van der Waals surface area contributed by atoms with E-state index in [4.69, 9.17) is 5.73 Å². The second-order valence-electron chi connectivity index (χ2n) is 10.6. The van der Waals surface area contributed by atoms with Crippen LogP contribution in [0.2, 0.25) is 0 Å². The van der Waals surface area contributed by atoms with Crippen LogP contribution >= 0.6 is 0 Å². The van der Waals surface area contributed by atoms with E-state index >= 15 is 0 Å². The zero-order valence-electron chi connectivity index (χ0n) is 18.7. The quantitative estimate of drug-likeness (QED) is 0.736. The Morgan fingerprint density at radius 2 is 1.94 bits per heavy atom. The zero-order valence-corrected chi connectivity index (χ0v) is 18.7. The first-order valence-corrected chi connectivity index (χ1v) is 12.2. The number of benzene rings is 1. The number of carbonyl (C=O) groups is 2. The summed E-state index contributed by atoms with van der Waals surface area (Å²) < 4.78 is 13.6. The lowest BCUT2D eigenvalue weighted by atomic mass is 9.85. The Kier molecular flexibility index (Phi) is 4.79. The monoisotopic (exact) mass is 451 g/mol. The van der Waals surface area contributed by atoms with Crippen LogP contribution in [0.5, 0.6) is 0 Å². The van der Waals surface area contributed by atoms with E-state index in [0.29, 0.717) is 19.0 Å². The lowest BCUT2D eigenvalue weighted by molar-refractivity contribution is -0.146. The molecule has 3 saturated heterocycles. The molecular weight excluding hydrogens is 421 g/mol. The Morgan fingerprint density at radius 1 is 1.21 bits per heavy atom. The van der Waals surface area contributed by atoms with Gasteiger partial charge in [0.25, 0.3) is 0 Å². The number of hydrogen-bond acceptors (Lipinski definition) is 5. The molecule has 5 aliphatic rings. The Bertz CT molecular complexity index is 1020. The minimum absolute atomic E-state index is 0.0828. The molecule has 0 aromatic heterocycles. The summed E-state index contributed by atoms with van der Waals surface area (Å²) in [7, 11) is 0. The van der Waals surface area contributed by atoms with Gasteiger partial charge in [0, 0.05) is 25.2 Å². The lowest BCUT2D eigenvalue weighted by Crippen LogP contribution is -2.60. The van der Waals surface area contributed by atoms with Gasteiger partial charge in [-0.15, -0.1) is 0 Å². The van der Waals surface area contributed by atoms with E-state index in [1.165, 1.54) is 12.1 Å². The van der Waals surface area contributed by atoms with Crippen molar-refractivity contribution in [3.8, 4) is 6.07 Å². The number of nitrogens with two attached hydrogens (primary N) is 1. The third-order valence-corrected chi connectivity index (χ3v) is 8.80. The van der Waals surface area contributed by atoms with Crippen molar-refractivity contribution < 1.29 is 14.0 Å². The van der Waals surface area contributed by atoms with Crippen molar-refractivity contribution in [1.29, 1.82) is 5.26 Å². The minimum Gasteiger partial charge on any atom is -0.327 e. The summed E-state index contributed by atoms with van der Waals surface area (Å²) in [5.41, 5.74) is 7.01. The fourth-order valence-electron chi connectivity index (χ4n) is 7.23. The van der Waals surface area contributed by atoms with E-state index < -0.39 is 6.04 Å². The number of amides is 2. The van der Waals surface area contributed by atoms with Gasteiger partial charge in [-0.05, 0) is 55.7 Å². The molecule has 3 aliphatic heterocycles. The molecule has 3 heterocycles. The van der Waals surface area contributed by atoms with Gasteiger partial charge < -0.3 is 15.5 Å². The van der Waals surface area contributed by atoms with E-state index in [-0.39, 0.29) is 47.3 Å². The van der Waals surface area contributed by atoms with E-state index in [1.807, 2.05) is 12.1 Å². The first kappa shape index (κ1) is 21.1. The first-order valence-electron chi connectivity index (χ1n) is 12.2. The standard InChI is InChI=1S/C25H30FN5O2/c26-17-5-3-16(4-6-17)25(7-1-2-8-25)31-19-11-22(24(31)33)29(13-19)14-20(28)23(32)30-18(12-27)9-15-10-21(15)30/h3-6,15,18-22H,1-2,7-11,13-14,28H2/t15-,18+,19-,20+,21?,22-/m1/s1. The van der Waals surface area contributed by atoms with Crippen molar-refractivity contribution in [2.24, 2.45) is 11.7 Å². The topological polar surface area (TPSA) is 93.7 Å². The highest BCUT2D eigenvalue weighted by Gasteiger charge is 2.58. The summed E-state index contributed by atoms with van der Waals surface area (Å²) >= 11 is 0. The van der Waals surface area contributed by atoms with Crippen molar-refractivity contribution >= 4 is 11.8 Å². The number of nitriles is 1. The molecule has 33 heavy (non-hydrogen) atoms. The van der Waals surface area contributed by atoms with Crippen molar-refractivity contribution in [3.63, 3.8) is 0 Å². The Morgan fingerprint density at radius 3 is 2.61 bits per heavy atom. The fraction of sp³-hybridized carbons (Fsp3) is 0.640. The molecule has 2 bridgehead atoms. The smallest absolute Gasteiger partial charge is 0.242 e. The molecule has 7 nitrogen and oxygen atoms in total. The molecule has 2 N–H and O–H groups in total. The maximum absolute atomic E-state index is 13.6. The summed E-state index contributed by atoms with van der Waals surface area (Å²) in [6.07, 6.45) is 6.39. The number of fused-ring (bicyclic) bond motifs is 3. The van der Waals surface area contributed by atoms with Crippen molar-refractivity contribution in [3.05, 3.63) is 35.6 Å². The van der Waals surface area contributed by atoms with Gasteiger partial charge in [-0.2, -0.15) is 5.26 Å². The molecule has 5 fully saturated rings. The number of piperidine rings is 1. The number of likely N-dealkylation sites (tertiary alicyclic amines) is 3. The van der Waals surface area contributed by atoms with Gasteiger partial charge in [-0.25, -0.2) is 4.39 Å². The summed E-state index contributed by atoms with van der Waals surface area (Å²) in [5, 5.41) is 9.41. The third kappa shape index (κ3) is 3.12. The van der Waals surface area contributed by atoms with Crippen molar-refractivity contribution in [2.75, 3.05) is 13.1 Å². The number of rotatable bonds is 5. The minimum atomic E-state index is -0.724. The van der Waals surface area contributed by atoms with Gasteiger partial charge in [0.1, 0.15) is 11.9 Å². The molecule has 0 radical (unpaired) electrons. The maximum Gasteiger partial charge on any atom is 0.242 e. The average molecular weight is 452 g/mol. The highest BCUT2D eigenvalue weighted by atomic mass is 19.1. The molecule has 2 amide bonds. The summed E-state index contributed by atoms with van der Waals surface area (Å²) in [6.45, 7) is 1.04. The van der Waals surface area contributed by atoms with Crippen LogP contribution in [0.1, 0.15) is 50.5 Å². The molecule has 6 rings (SSSR count). The van der Waals surface area contributed by atoms with Gasteiger partial charge in [0.15, 0.2) is 0 Å². The van der Waals surface area contributed by atoms with Gasteiger partial charge >= 0.3 is 0 Å². The van der Waals surface area contributed by atoms with E-state index in [1.54, 1.807) is 4.90 Å². The Labute approximate surface area is 193 Å². The van der Waals surface area contributed by atoms with Crippen LogP contribution in [0, 0.1) is 23.1 Å². The summed E-state index contributed by atoms with van der Waals surface area (Å²) in [4.78, 5) is 32.5. The normalized spacial score (nSPS) is 35.1.